The average molecular weight is 558 g/mol. The number of hydrogen-bond acceptors (Lipinski definition) is 5. The third kappa shape index (κ3) is 6.27. The van der Waals surface area contributed by atoms with E-state index in [9.17, 15) is 18.8 Å². The fourth-order valence-electron chi connectivity index (χ4n) is 4.12. The van der Waals surface area contributed by atoms with Gasteiger partial charge in [0.05, 0.1) is 5.92 Å². The molecule has 3 aromatic rings. The summed E-state index contributed by atoms with van der Waals surface area (Å²) in [5, 5.41) is 9.20. The summed E-state index contributed by atoms with van der Waals surface area (Å²) >= 11 is 11.7. The van der Waals surface area contributed by atoms with Crippen LogP contribution in [0.25, 0.3) is 0 Å². The third-order valence-electron chi connectivity index (χ3n) is 6.32. The zero-order valence-electron chi connectivity index (χ0n) is 20.4. The normalized spacial score (nSPS) is 19.1. The first kappa shape index (κ1) is 27.4. The molecule has 0 aliphatic heterocycles. The number of alkyl halides is 2. The number of para-hydroxylation sites is 1. The minimum atomic E-state index is -3.82. The van der Waals surface area contributed by atoms with Gasteiger partial charge in [0.25, 0.3) is 0 Å². The van der Waals surface area contributed by atoms with Crippen LogP contribution in [0.3, 0.4) is 0 Å². The Morgan fingerprint density at radius 1 is 1.03 bits per heavy atom. The summed E-state index contributed by atoms with van der Waals surface area (Å²) in [6.07, 6.45) is -3.93. The molecule has 38 heavy (non-hydrogen) atoms. The standard InChI is InChI=1S/C29H23Cl2F2NO4/c1-28(2)23(16-25(31)29(32,33)38-21-13-11-19(30)12-14-21)26(28)27(35)37-24(17-34)18-7-6-10-22(15-18)36-20-8-4-3-5-9-20/h3-16,23-24,26H,1-2H3/t23-,24?,26+/m1/s1. The molecule has 1 unspecified atom stereocenters. The largest absolute Gasteiger partial charge is 0.457 e. The zero-order valence-corrected chi connectivity index (χ0v) is 21.9. The van der Waals surface area contributed by atoms with Crippen molar-refractivity contribution < 1.29 is 27.8 Å². The number of nitriles is 1. The second-order valence-corrected chi connectivity index (χ2v) is 10.2. The molecule has 0 aromatic heterocycles. The van der Waals surface area contributed by atoms with Crippen LogP contribution in [0.4, 0.5) is 8.78 Å². The van der Waals surface area contributed by atoms with Gasteiger partial charge in [0.1, 0.15) is 28.4 Å². The second kappa shape index (κ2) is 11.0. The fraction of sp³-hybridized carbons (Fsp3) is 0.241. The van der Waals surface area contributed by atoms with Gasteiger partial charge in [-0.2, -0.15) is 14.0 Å². The molecule has 0 saturated heterocycles. The van der Waals surface area contributed by atoms with Crippen molar-refractivity contribution in [1.82, 2.24) is 0 Å². The van der Waals surface area contributed by atoms with Crippen molar-refractivity contribution in [1.29, 1.82) is 5.26 Å². The van der Waals surface area contributed by atoms with Crippen LogP contribution in [0.5, 0.6) is 17.2 Å². The maximum absolute atomic E-state index is 14.6. The smallest absolute Gasteiger partial charge is 0.437 e. The highest BCUT2D eigenvalue weighted by Gasteiger charge is 2.62. The van der Waals surface area contributed by atoms with E-state index in [0.29, 0.717) is 22.1 Å². The topological polar surface area (TPSA) is 68.5 Å². The minimum absolute atomic E-state index is 0.118. The maximum Gasteiger partial charge on any atom is 0.437 e. The van der Waals surface area contributed by atoms with Crippen molar-refractivity contribution in [3.05, 3.63) is 101 Å². The summed E-state index contributed by atoms with van der Waals surface area (Å²) in [7, 11) is 0. The van der Waals surface area contributed by atoms with E-state index in [1.807, 2.05) is 24.3 Å². The Hall–Kier alpha value is -3.60. The molecule has 1 aliphatic rings. The first-order valence-electron chi connectivity index (χ1n) is 11.6. The first-order chi connectivity index (χ1) is 18.0. The molecule has 4 rings (SSSR count). The molecule has 0 N–H and O–H groups in total. The van der Waals surface area contributed by atoms with E-state index >= 15 is 0 Å². The molecule has 0 spiro atoms. The predicted octanol–water partition coefficient (Wildman–Crippen LogP) is 8.31. The molecular weight excluding hydrogens is 535 g/mol. The Morgan fingerprint density at radius 2 is 1.68 bits per heavy atom. The molecule has 9 heteroatoms. The van der Waals surface area contributed by atoms with Crippen molar-refractivity contribution in [2.75, 3.05) is 0 Å². The predicted molar refractivity (Wildman–Crippen MR) is 139 cm³/mol. The number of allylic oxidation sites excluding steroid dienone is 1. The molecule has 3 atom stereocenters. The van der Waals surface area contributed by atoms with Gasteiger partial charge in [0.2, 0.25) is 6.10 Å². The molecular formula is C29H23Cl2F2NO4. The van der Waals surface area contributed by atoms with Crippen LogP contribution in [0.15, 0.2) is 90.0 Å². The van der Waals surface area contributed by atoms with Crippen molar-refractivity contribution in [3.63, 3.8) is 0 Å². The highest BCUT2D eigenvalue weighted by atomic mass is 35.5. The number of carbonyl (C=O) groups excluding carboxylic acids is 1. The van der Waals surface area contributed by atoms with E-state index in [0.717, 1.165) is 6.08 Å². The van der Waals surface area contributed by atoms with Gasteiger partial charge in [-0.25, -0.2) is 0 Å². The Kier molecular flexibility index (Phi) is 7.96. The minimum Gasteiger partial charge on any atom is -0.457 e. The van der Waals surface area contributed by atoms with E-state index in [-0.39, 0.29) is 5.75 Å². The lowest BCUT2D eigenvalue weighted by atomic mass is 10.1. The maximum atomic E-state index is 14.6. The van der Waals surface area contributed by atoms with Gasteiger partial charge >= 0.3 is 12.1 Å². The third-order valence-corrected chi connectivity index (χ3v) is 6.92. The first-order valence-corrected chi connectivity index (χ1v) is 12.4. The Bertz CT molecular complexity index is 1370. The van der Waals surface area contributed by atoms with Crippen LogP contribution >= 0.6 is 23.2 Å². The molecule has 5 nitrogen and oxygen atoms in total. The Balaban J connectivity index is 1.44. The molecule has 3 aromatic carbocycles. The summed E-state index contributed by atoms with van der Waals surface area (Å²) < 4.78 is 45.3. The van der Waals surface area contributed by atoms with Crippen molar-refractivity contribution in [2.45, 2.75) is 26.1 Å². The summed E-state index contributed by atoms with van der Waals surface area (Å²) in [6.45, 7) is 3.47. The number of nitrogens with zero attached hydrogens (tertiary/aromatic N) is 1. The van der Waals surface area contributed by atoms with Crippen LogP contribution in [0.2, 0.25) is 5.02 Å². The zero-order chi connectivity index (χ0) is 27.5. The molecule has 0 amide bonds. The van der Waals surface area contributed by atoms with E-state index in [2.05, 4.69) is 0 Å². The Morgan fingerprint density at radius 3 is 2.34 bits per heavy atom. The van der Waals surface area contributed by atoms with Crippen LogP contribution in [0.1, 0.15) is 25.5 Å². The number of rotatable bonds is 9. The van der Waals surface area contributed by atoms with E-state index in [1.165, 1.54) is 24.3 Å². The summed E-state index contributed by atoms with van der Waals surface area (Å²) in [4.78, 5) is 13.0. The lowest BCUT2D eigenvalue weighted by Crippen LogP contribution is -2.25. The average Bonchev–Trinajstić information content (AvgIpc) is 3.43. The number of hydrogen-bond donors (Lipinski definition) is 0. The monoisotopic (exact) mass is 557 g/mol. The van der Waals surface area contributed by atoms with Gasteiger partial charge in [-0.15, -0.1) is 0 Å². The van der Waals surface area contributed by atoms with Gasteiger partial charge in [-0.05, 0) is 59.9 Å². The van der Waals surface area contributed by atoms with Crippen LogP contribution in [0, 0.1) is 28.6 Å². The SMILES string of the molecule is CC1(C)[C@H](C=C(Cl)C(F)(F)Oc2ccc(Cl)cc2)[C@H]1C(=O)OC(C#N)c1cccc(Oc2ccccc2)c1. The van der Waals surface area contributed by atoms with Crippen LogP contribution < -0.4 is 9.47 Å². The Labute approximate surface area is 229 Å². The summed E-state index contributed by atoms with van der Waals surface area (Å²) in [5.74, 6) is -1.15. The van der Waals surface area contributed by atoms with Gasteiger partial charge in [0.15, 0.2) is 0 Å². The second-order valence-electron chi connectivity index (χ2n) is 9.35. The summed E-state index contributed by atoms with van der Waals surface area (Å²) in [5.41, 5.74) is -0.299. The number of carbonyl (C=O) groups is 1. The van der Waals surface area contributed by atoms with Crippen LogP contribution in [-0.4, -0.2) is 12.1 Å². The fourth-order valence-corrected chi connectivity index (χ4v) is 4.42. The van der Waals surface area contributed by atoms with Gasteiger partial charge < -0.3 is 14.2 Å². The molecule has 196 valence electrons. The van der Waals surface area contributed by atoms with Crippen molar-refractivity contribution in [2.24, 2.45) is 17.3 Å². The van der Waals surface area contributed by atoms with E-state index in [4.69, 9.17) is 37.4 Å². The molecule has 0 heterocycles. The molecule has 1 saturated carbocycles. The van der Waals surface area contributed by atoms with E-state index in [1.54, 1.807) is 50.2 Å². The molecule has 0 bridgehead atoms. The lowest BCUT2D eigenvalue weighted by Gasteiger charge is -2.17. The summed E-state index contributed by atoms with van der Waals surface area (Å²) in [6, 6.07) is 23.1. The van der Waals surface area contributed by atoms with Gasteiger partial charge in [-0.3, -0.25) is 4.79 Å². The van der Waals surface area contributed by atoms with Crippen molar-refractivity contribution >= 4 is 29.2 Å². The molecule has 1 aliphatic carbocycles. The highest BCUT2D eigenvalue weighted by molar-refractivity contribution is 6.30. The molecule has 1 fully saturated rings. The number of benzene rings is 3. The van der Waals surface area contributed by atoms with E-state index < -0.39 is 40.5 Å². The van der Waals surface area contributed by atoms with Gasteiger partial charge in [-0.1, -0.05) is 73.5 Å². The highest BCUT2D eigenvalue weighted by Crippen LogP contribution is 2.60. The quantitative estimate of drug-likeness (QED) is 0.247. The number of esters is 1. The number of halogens is 4. The molecule has 0 radical (unpaired) electrons. The van der Waals surface area contributed by atoms with Crippen LogP contribution in [-0.2, 0) is 9.53 Å². The van der Waals surface area contributed by atoms with Gasteiger partial charge in [0, 0.05) is 10.6 Å². The van der Waals surface area contributed by atoms with Crippen molar-refractivity contribution in [3.8, 4) is 23.3 Å². The lowest BCUT2D eigenvalue weighted by molar-refractivity contribution is -0.149. The number of ether oxygens (including phenoxy) is 3.